The number of methoxy groups -OCH3 is 1. The first kappa shape index (κ1) is 28.4. The van der Waals surface area contributed by atoms with E-state index in [1.807, 2.05) is 0 Å². The standard InChI is InChI=1S/C23H32ClN3O6S2Si/c1-23(2,3)33-22(28)27-16-9-8-10-17(31-4)20(16)21(25-27)26(15-32-13-14-36(5,6)7)35(29,30)19-12-11-18(24)34-19/h8-12H,13-15H2,1-7H3. The topological polar surface area (TPSA) is 100.0 Å². The molecule has 3 rings (SSSR count). The number of hydrogen-bond acceptors (Lipinski definition) is 8. The van der Waals surface area contributed by atoms with E-state index in [-0.39, 0.29) is 16.8 Å². The van der Waals surface area contributed by atoms with Gasteiger partial charge in [0.1, 0.15) is 22.3 Å². The summed E-state index contributed by atoms with van der Waals surface area (Å²) in [6, 6.07) is 8.81. The summed E-state index contributed by atoms with van der Waals surface area (Å²) in [5, 5.41) is 4.76. The van der Waals surface area contributed by atoms with Gasteiger partial charge in [0.25, 0.3) is 10.0 Å². The van der Waals surface area contributed by atoms with Gasteiger partial charge in [-0.05, 0) is 51.1 Å². The van der Waals surface area contributed by atoms with E-state index in [9.17, 15) is 13.2 Å². The van der Waals surface area contributed by atoms with E-state index in [1.165, 1.54) is 19.2 Å². The summed E-state index contributed by atoms with van der Waals surface area (Å²) in [7, 11) is -4.10. The van der Waals surface area contributed by atoms with Crippen molar-refractivity contribution in [2.45, 2.75) is 56.3 Å². The second-order valence-electron chi connectivity index (χ2n) is 10.3. The molecule has 198 valence electrons. The number of fused-ring (bicyclic) bond motifs is 1. The molecule has 0 aliphatic carbocycles. The summed E-state index contributed by atoms with van der Waals surface area (Å²) < 4.78 is 46.9. The van der Waals surface area contributed by atoms with Crippen LogP contribution in [0, 0.1) is 0 Å². The highest BCUT2D eigenvalue weighted by Gasteiger charge is 2.34. The maximum Gasteiger partial charge on any atom is 0.435 e. The molecule has 2 aromatic heterocycles. The van der Waals surface area contributed by atoms with Gasteiger partial charge in [-0.1, -0.05) is 37.3 Å². The number of sulfonamides is 1. The quantitative estimate of drug-likeness (QED) is 0.174. The van der Waals surface area contributed by atoms with Crippen LogP contribution >= 0.6 is 22.9 Å². The number of nitrogens with zero attached hydrogens (tertiary/aromatic N) is 3. The van der Waals surface area contributed by atoms with Crippen LogP contribution in [-0.2, 0) is 19.5 Å². The number of benzene rings is 1. The molecular formula is C23H32ClN3O6S2Si. The zero-order valence-corrected chi connectivity index (χ0v) is 24.9. The molecule has 0 fully saturated rings. The molecule has 0 radical (unpaired) electrons. The van der Waals surface area contributed by atoms with Crippen molar-refractivity contribution in [1.29, 1.82) is 0 Å². The summed E-state index contributed by atoms with van der Waals surface area (Å²) in [5.74, 6) is 0.342. The Balaban J connectivity index is 2.18. The maximum atomic E-state index is 13.8. The van der Waals surface area contributed by atoms with Gasteiger partial charge in [-0.15, -0.1) is 16.4 Å². The van der Waals surface area contributed by atoms with Crippen molar-refractivity contribution in [1.82, 2.24) is 9.78 Å². The van der Waals surface area contributed by atoms with Crippen molar-refractivity contribution in [3.63, 3.8) is 0 Å². The Hall–Kier alpha value is -2.12. The molecule has 3 aromatic rings. The third kappa shape index (κ3) is 6.60. The van der Waals surface area contributed by atoms with Gasteiger partial charge in [-0.2, -0.15) is 4.68 Å². The first-order valence-electron chi connectivity index (χ1n) is 11.3. The maximum absolute atomic E-state index is 13.8. The summed E-state index contributed by atoms with van der Waals surface area (Å²) in [6.07, 6.45) is -0.747. The van der Waals surface area contributed by atoms with Gasteiger partial charge >= 0.3 is 6.09 Å². The number of aromatic nitrogens is 2. The van der Waals surface area contributed by atoms with E-state index in [0.717, 1.165) is 26.4 Å². The van der Waals surface area contributed by atoms with E-state index in [0.29, 0.717) is 27.6 Å². The average molecular weight is 574 g/mol. The second kappa shape index (κ2) is 10.7. The van der Waals surface area contributed by atoms with Crippen molar-refractivity contribution in [2.75, 3.05) is 24.8 Å². The van der Waals surface area contributed by atoms with Crippen molar-refractivity contribution in [2.24, 2.45) is 0 Å². The first-order valence-corrected chi connectivity index (χ1v) is 17.6. The minimum atomic E-state index is -4.14. The van der Waals surface area contributed by atoms with E-state index in [4.69, 9.17) is 25.8 Å². The lowest BCUT2D eigenvalue weighted by Crippen LogP contribution is -2.34. The average Bonchev–Trinajstić information content (AvgIpc) is 3.36. The van der Waals surface area contributed by atoms with Crippen LogP contribution in [0.1, 0.15) is 20.8 Å². The van der Waals surface area contributed by atoms with Crippen LogP contribution in [-0.4, -0.2) is 58.4 Å². The van der Waals surface area contributed by atoms with Crippen molar-refractivity contribution < 1.29 is 27.4 Å². The molecule has 13 heteroatoms. The second-order valence-corrected chi connectivity index (χ2v) is 19.8. The lowest BCUT2D eigenvalue weighted by Gasteiger charge is -2.23. The summed E-state index contributed by atoms with van der Waals surface area (Å²) in [4.78, 5) is 13.0. The third-order valence-electron chi connectivity index (χ3n) is 4.97. The highest BCUT2D eigenvalue weighted by Crippen LogP contribution is 2.38. The summed E-state index contributed by atoms with van der Waals surface area (Å²) in [6.45, 7) is 11.9. The van der Waals surface area contributed by atoms with Crippen LogP contribution in [0.25, 0.3) is 10.9 Å². The Morgan fingerprint density at radius 1 is 1.19 bits per heavy atom. The molecule has 0 saturated carbocycles. The lowest BCUT2D eigenvalue weighted by atomic mass is 10.2. The van der Waals surface area contributed by atoms with Crippen LogP contribution in [0.2, 0.25) is 30.0 Å². The molecule has 0 unspecified atom stereocenters. The number of halogens is 1. The fourth-order valence-corrected chi connectivity index (χ4v) is 6.88. The molecule has 0 atom stereocenters. The van der Waals surface area contributed by atoms with Gasteiger partial charge in [0.05, 0.1) is 22.3 Å². The highest BCUT2D eigenvalue weighted by molar-refractivity contribution is 7.94. The number of ether oxygens (including phenoxy) is 3. The normalized spacial score (nSPS) is 12.7. The molecular weight excluding hydrogens is 542 g/mol. The summed E-state index contributed by atoms with van der Waals surface area (Å²) in [5.41, 5.74) is -0.446. The molecule has 1 aromatic carbocycles. The van der Waals surface area contributed by atoms with Crippen LogP contribution in [0.4, 0.5) is 10.6 Å². The predicted octanol–water partition coefficient (Wildman–Crippen LogP) is 6.05. The van der Waals surface area contributed by atoms with Crippen LogP contribution in [0.5, 0.6) is 5.75 Å². The van der Waals surface area contributed by atoms with Gasteiger partial charge in [-0.3, -0.25) is 0 Å². The Kier molecular flexibility index (Phi) is 8.46. The molecule has 0 spiro atoms. The Labute approximate surface area is 222 Å². The number of carbonyl (C=O) groups excluding carboxylic acids is 1. The van der Waals surface area contributed by atoms with Crippen LogP contribution < -0.4 is 9.04 Å². The van der Waals surface area contributed by atoms with Crippen LogP contribution in [0.15, 0.2) is 34.5 Å². The Morgan fingerprint density at radius 3 is 2.44 bits per heavy atom. The number of anilines is 1. The van der Waals surface area contributed by atoms with Crippen molar-refractivity contribution >= 4 is 63.8 Å². The molecule has 36 heavy (non-hydrogen) atoms. The number of rotatable bonds is 9. The molecule has 0 aliphatic heterocycles. The number of hydrogen-bond donors (Lipinski definition) is 0. The summed E-state index contributed by atoms with van der Waals surface area (Å²) >= 11 is 6.98. The van der Waals surface area contributed by atoms with E-state index in [1.54, 1.807) is 39.0 Å². The molecule has 0 amide bonds. The largest absolute Gasteiger partial charge is 0.496 e. The predicted molar refractivity (Wildman–Crippen MR) is 146 cm³/mol. The fraction of sp³-hybridized carbons (Fsp3) is 0.478. The SMILES string of the molecule is COc1cccc2c1c(N(COCC[Si](C)(C)C)S(=O)(=O)c1ccc(Cl)s1)nn2C(=O)OC(C)(C)C. The molecule has 0 bridgehead atoms. The molecule has 0 saturated heterocycles. The first-order chi connectivity index (χ1) is 16.6. The van der Waals surface area contributed by atoms with Crippen molar-refractivity contribution in [3.05, 3.63) is 34.7 Å². The lowest BCUT2D eigenvalue weighted by molar-refractivity contribution is 0.0522. The smallest absolute Gasteiger partial charge is 0.435 e. The van der Waals surface area contributed by atoms with E-state index in [2.05, 4.69) is 24.7 Å². The Morgan fingerprint density at radius 2 is 1.89 bits per heavy atom. The zero-order valence-electron chi connectivity index (χ0n) is 21.5. The molecule has 0 N–H and O–H groups in total. The zero-order chi connectivity index (χ0) is 26.9. The van der Waals surface area contributed by atoms with Gasteiger partial charge in [-0.25, -0.2) is 17.5 Å². The molecule has 9 nitrogen and oxygen atoms in total. The molecule has 0 aliphatic rings. The van der Waals surface area contributed by atoms with E-state index < -0.39 is 29.8 Å². The highest BCUT2D eigenvalue weighted by atomic mass is 35.5. The fourth-order valence-electron chi connectivity index (χ4n) is 3.22. The van der Waals surface area contributed by atoms with Gasteiger partial charge < -0.3 is 14.2 Å². The van der Waals surface area contributed by atoms with Gasteiger partial charge in [0, 0.05) is 14.7 Å². The van der Waals surface area contributed by atoms with E-state index >= 15 is 0 Å². The monoisotopic (exact) mass is 573 g/mol. The van der Waals surface area contributed by atoms with Gasteiger partial charge in [0.15, 0.2) is 5.82 Å². The molecule has 2 heterocycles. The van der Waals surface area contributed by atoms with Crippen molar-refractivity contribution in [3.8, 4) is 5.75 Å². The Bertz CT molecular complexity index is 1340. The number of carbonyl (C=O) groups is 1. The minimum absolute atomic E-state index is 0.00849. The van der Waals surface area contributed by atoms with Crippen LogP contribution in [0.3, 0.4) is 0 Å². The third-order valence-corrected chi connectivity index (χ3v) is 10.1. The minimum Gasteiger partial charge on any atom is -0.496 e. The number of thiophene rings is 1. The van der Waals surface area contributed by atoms with Gasteiger partial charge in [0.2, 0.25) is 0 Å².